The molecule has 4 rings (SSSR count). The van der Waals surface area contributed by atoms with Gasteiger partial charge in [-0.15, -0.1) is 0 Å². The zero-order valence-corrected chi connectivity index (χ0v) is 17.2. The molecule has 0 unspecified atom stereocenters. The molecular formula is C22H23N3O3S. The standard InChI is InChI=1S/C22H23N3O3S/c1-15(2)17-5-3-4-6-18(17)25-10-9-23-22(25)29-13-21(26)24-12-16-7-8-19-20(11-16)28-14-27-19/h3-11,15H,12-14H2,1-2H3,(H,24,26). The maximum absolute atomic E-state index is 12.3. The number of ether oxygens (including phenoxy) is 2. The molecule has 1 amide bonds. The lowest BCUT2D eigenvalue weighted by molar-refractivity contribution is -0.118. The smallest absolute Gasteiger partial charge is 0.231 e. The van der Waals surface area contributed by atoms with Crippen molar-refractivity contribution in [2.45, 2.75) is 31.5 Å². The average Bonchev–Trinajstić information content (AvgIpc) is 3.39. The molecule has 29 heavy (non-hydrogen) atoms. The molecule has 1 aliphatic rings. The van der Waals surface area contributed by atoms with Crippen molar-refractivity contribution >= 4 is 17.7 Å². The lowest BCUT2D eigenvalue weighted by atomic mass is 10.0. The van der Waals surface area contributed by atoms with Gasteiger partial charge in [-0.3, -0.25) is 9.36 Å². The Bertz CT molecular complexity index is 1020. The predicted octanol–water partition coefficient (Wildman–Crippen LogP) is 4.13. The summed E-state index contributed by atoms with van der Waals surface area (Å²) in [6.07, 6.45) is 3.71. The highest BCUT2D eigenvalue weighted by atomic mass is 32.2. The summed E-state index contributed by atoms with van der Waals surface area (Å²) in [5, 5.41) is 3.75. The van der Waals surface area contributed by atoms with E-state index >= 15 is 0 Å². The maximum atomic E-state index is 12.3. The van der Waals surface area contributed by atoms with Crippen LogP contribution in [0, 0.1) is 0 Å². The SMILES string of the molecule is CC(C)c1ccccc1-n1ccnc1SCC(=O)NCc1ccc2c(c1)OCO2. The van der Waals surface area contributed by atoms with Crippen LogP contribution in [-0.2, 0) is 11.3 Å². The largest absolute Gasteiger partial charge is 0.454 e. The van der Waals surface area contributed by atoms with Crippen molar-refractivity contribution in [1.82, 2.24) is 14.9 Å². The second-order valence-electron chi connectivity index (χ2n) is 7.05. The summed E-state index contributed by atoms with van der Waals surface area (Å²) in [5.41, 5.74) is 3.32. The molecule has 6 nitrogen and oxygen atoms in total. The van der Waals surface area contributed by atoms with E-state index in [9.17, 15) is 4.79 Å². The Morgan fingerprint density at radius 3 is 2.90 bits per heavy atom. The van der Waals surface area contributed by atoms with Gasteiger partial charge in [-0.2, -0.15) is 0 Å². The highest BCUT2D eigenvalue weighted by molar-refractivity contribution is 7.99. The molecule has 0 fully saturated rings. The first-order valence-corrected chi connectivity index (χ1v) is 10.5. The van der Waals surface area contributed by atoms with Gasteiger partial charge in [-0.1, -0.05) is 49.9 Å². The third-order valence-corrected chi connectivity index (χ3v) is 5.65. The number of aromatic nitrogens is 2. The number of benzene rings is 2. The minimum atomic E-state index is -0.0423. The molecule has 0 atom stereocenters. The van der Waals surface area contributed by atoms with E-state index in [1.165, 1.54) is 17.3 Å². The number of hydrogen-bond acceptors (Lipinski definition) is 5. The monoisotopic (exact) mass is 409 g/mol. The van der Waals surface area contributed by atoms with Crippen LogP contribution in [0.3, 0.4) is 0 Å². The summed E-state index contributed by atoms with van der Waals surface area (Å²) in [5.74, 6) is 2.11. The molecule has 0 aliphatic carbocycles. The van der Waals surface area contributed by atoms with Gasteiger partial charge in [0.05, 0.1) is 11.4 Å². The molecule has 7 heteroatoms. The van der Waals surface area contributed by atoms with Crippen LogP contribution in [0.15, 0.2) is 60.0 Å². The summed E-state index contributed by atoms with van der Waals surface area (Å²) in [6.45, 7) is 5.04. The first-order chi connectivity index (χ1) is 14.1. The molecule has 0 saturated carbocycles. The van der Waals surface area contributed by atoms with Crippen molar-refractivity contribution in [2.75, 3.05) is 12.5 Å². The Balaban J connectivity index is 1.37. The minimum Gasteiger partial charge on any atom is -0.454 e. The van der Waals surface area contributed by atoms with E-state index in [-0.39, 0.29) is 12.7 Å². The van der Waals surface area contributed by atoms with Gasteiger partial charge < -0.3 is 14.8 Å². The summed E-state index contributed by atoms with van der Waals surface area (Å²) in [4.78, 5) is 16.8. The van der Waals surface area contributed by atoms with E-state index in [1.54, 1.807) is 6.20 Å². The van der Waals surface area contributed by atoms with Gasteiger partial charge in [0, 0.05) is 18.9 Å². The third-order valence-electron chi connectivity index (χ3n) is 4.68. The summed E-state index contributed by atoms with van der Waals surface area (Å²) >= 11 is 1.43. The molecule has 2 heterocycles. The van der Waals surface area contributed by atoms with Gasteiger partial charge in [-0.25, -0.2) is 4.98 Å². The number of thioether (sulfide) groups is 1. The van der Waals surface area contributed by atoms with Crippen molar-refractivity contribution in [3.8, 4) is 17.2 Å². The van der Waals surface area contributed by atoms with E-state index in [0.29, 0.717) is 18.2 Å². The van der Waals surface area contributed by atoms with Crippen LogP contribution < -0.4 is 14.8 Å². The number of amides is 1. The van der Waals surface area contributed by atoms with Crippen LogP contribution in [-0.4, -0.2) is 28.0 Å². The molecule has 1 aliphatic heterocycles. The average molecular weight is 410 g/mol. The topological polar surface area (TPSA) is 65.4 Å². The Morgan fingerprint density at radius 1 is 1.21 bits per heavy atom. The van der Waals surface area contributed by atoms with Gasteiger partial charge in [-0.05, 0) is 35.2 Å². The van der Waals surface area contributed by atoms with Gasteiger partial charge in [0.2, 0.25) is 12.7 Å². The number of nitrogens with one attached hydrogen (secondary N) is 1. The van der Waals surface area contributed by atoms with Gasteiger partial charge in [0.1, 0.15) is 0 Å². The molecule has 1 N–H and O–H groups in total. The number of rotatable bonds is 7. The van der Waals surface area contributed by atoms with Crippen LogP contribution in [0.1, 0.15) is 30.9 Å². The molecule has 1 aromatic heterocycles. The first-order valence-electron chi connectivity index (χ1n) is 9.52. The van der Waals surface area contributed by atoms with Crippen molar-refractivity contribution in [1.29, 1.82) is 0 Å². The molecule has 3 aromatic rings. The van der Waals surface area contributed by atoms with Crippen molar-refractivity contribution in [2.24, 2.45) is 0 Å². The molecule has 150 valence electrons. The quantitative estimate of drug-likeness (QED) is 0.595. The van der Waals surface area contributed by atoms with Crippen LogP contribution >= 0.6 is 11.8 Å². The minimum absolute atomic E-state index is 0.0423. The summed E-state index contributed by atoms with van der Waals surface area (Å²) < 4.78 is 12.7. The van der Waals surface area contributed by atoms with E-state index < -0.39 is 0 Å². The normalized spacial score (nSPS) is 12.4. The predicted molar refractivity (Wildman–Crippen MR) is 113 cm³/mol. The fourth-order valence-corrected chi connectivity index (χ4v) is 4.00. The van der Waals surface area contributed by atoms with Crippen LogP contribution in [0.2, 0.25) is 0 Å². The molecule has 0 bridgehead atoms. The summed E-state index contributed by atoms with van der Waals surface area (Å²) in [6, 6.07) is 14.0. The van der Waals surface area contributed by atoms with Crippen LogP contribution in [0.5, 0.6) is 11.5 Å². The van der Waals surface area contributed by atoms with E-state index in [4.69, 9.17) is 9.47 Å². The molecule has 0 radical (unpaired) electrons. The lowest BCUT2D eigenvalue weighted by Crippen LogP contribution is -2.24. The maximum Gasteiger partial charge on any atom is 0.231 e. The van der Waals surface area contributed by atoms with Crippen molar-refractivity contribution < 1.29 is 14.3 Å². The summed E-state index contributed by atoms with van der Waals surface area (Å²) in [7, 11) is 0. The number of carbonyl (C=O) groups is 1. The van der Waals surface area contributed by atoms with E-state index in [1.807, 2.05) is 41.1 Å². The highest BCUT2D eigenvalue weighted by Crippen LogP contribution is 2.32. The van der Waals surface area contributed by atoms with Crippen molar-refractivity contribution in [3.05, 3.63) is 66.0 Å². The number of fused-ring (bicyclic) bond motifs is 1. The van der Waals surface area contributed by atoms with E-state index in [2.05, 4.69) is 36.3 Å². The number of hydrogen-bond donors (Lipinski definition) is 1. The Hall–Kier alpha value is -2.93. The van der Waals surface area contributed by atoms with Gasteiger partial charge >= 0.3 is 0 Å². The third kappa shape index (κ3) is 4.40. The second kappa shape index (κ2) is 8.61. The fraction of sp³-hybridized carbons (Fsp3) is 0.273. The van der Waals surface area contributed by atoms with Gasteiger partial charge in [0.25, 0.3) is 0 Å². The molecule has 0 spiro atoms. The Morgan fingerprint density at radius 2 is 2.03 bits per heavy atom. The zero-order valence-electron chi connectivity index (χ0n) is 16.4. The van der Waals surface area contributed by atoms with Crippen LogP contribution in [0.25, 0.3) is 5.69 Å². The lowest BCUT2D eigenvalue weighted by Gasteiger charge is -2.15. The number of nitrogens with zero attached hydrogens (tertiary/aromatic N) is 2. The van der Waals surface area contributed by atoms with Crippen molar-refractivity contribution in [3.63, 3.8) is 0 Å². The number of para-hydroxylation sites is 1. The number of carbonyl (C=O) groups excluding carboxylic acids is 1. The molecule has 0 saturated heterocycles. The number of imidazole rings is 1. The fourth-order valence-electron chi connectivity index (χ4n) is 3.21. The molecular weight excluding hydrogens is 386 g/mol. The Labute approximate surface area is 174 Å². The first kappa shape index (κ1) is 19.4. The molecule has 2 aromatic carbocycles. The Kier molecular flexibility index (Phi) is 5.76. The van der Waals surface area contributed by atoms with Crippen LogP contribution in [0.4, 0.5) is 0 Å². The highest BCUT2D eigenvalue weighted by Gasteiger charge is 2.15. The second-order valence-corrected chi connectivity index (χ2v) is 7.99. The zero-order chi connectivity index (χ0) is 20.2. The van der Waals surface area contributed by atoms with E-state index in [0.717, 1.165) is 27.9 Å². The van der Waals surface area contributed by atoms with Gasteiger partial charge in [0.15, 0.2) is 16.7 Å².